The molecule has 0 aliphatic rings. The summed E-state index contributed by atoms with van der Waals surface area (Å²) >= 11 is 6.71. The summed E-state index contributed by atoms with van der Waals surface area (Å²) in [5.74, 6) is 1.29. The van der Waals surface area contributed by atoms with E-state index in [0.717, 1.165) is 30.3 Å². The molecule has 9 heteroatoms. The van der Waals surface area contributed by atoms with Crippen molar-refractivity contribution < 1.29 is 14.3 Å². The average Bonchev–Trinajstić information content (AvgIpc) is 3.22. The van der Waals surface area contributed by atoms with E-state index in [-0.39, 0.29) is 11.5 Å². The van der Waals surface area contributed by atoms with Gasteiger partial charge in [0.15, 0.2) is 16.3 Å². The molecule has 0 saturated carbocycles. The Balaban J connectivity index is 1.41. The SMILES string of the molecule is COc1ccc(CNC(=O)CCCCCn2c(=S)[nH]c3ccsc3c2=O)cc1OC. The van der Waals surface area contributed by atoms with Crippen LogP contribution in [0.2, 0.25) is 0 Å². The first-order chi connectivity index (χ1) is 14.5. The van der Waals surface area contributed by atoms with Gasteiger partial charge in [-0.25, -0.2) is 0 Å². The Morgan fingerprint density at radius 1 is 1.17 bits per heavy atom. The number of aromatic nitrogens is 2. The molecule has 3 rings (SSSR count). The minimum absolute atomic E-state index is 0.000696. The summed E-state index contributed by atoms with van der Waals surface area (Å²) in [6.07, 6.45) is 2.83. The standard InChI is InChI=1S/C21H25N3O4S2/c1-27-16-8-7-14(12-17(16)28-2)13-22-18(25)6-4-3-5-10-24-20(26)19-15(9-11-30-19)23-21(24)29/h7-9,11-12H,3-6,10,13H2,1-2H3,(H,22,25)(H,23,29). The molecule has 1 amide bonds. The minimum atomic E-state index is -0.0450. The van der Waals surface area contributed by atoms with Gasteiger partial charge in [-0.05, 0) is 54.2 Å². The first kappa shape index (κ1) is 22.0. The van der Waals surface area contributed by atoms with Crippen LogP contribution in [0.1, 0.15) is 31.2 Å². The molecule has 1 aromatic carbocycles. The fraction of sp³-hybridized carbons (Fsp3) is 0.381. The Hall–Kier alpha value is -2.65. The van der Waals surface area contributed by atoms with E-state index in [1.54, 1.807) is 18.8 Å². The van der Waals surface area contributed by atoms with Crippen molar-refractivity contribution in [1.82, 2.24) is 14.9 Å². The van der Waals surface area contributed by atoms with Crippen LogP contribution in [0.25, 0.3) is 10.2 Å². The van der Waals surface area contributed by atoms with Gasteiger partial charge in [0.2, 0.25) is 5.91 Å². The molecule has 0 saturated heterocycles. The highest BCUT2D eigenvalue weighted by Gasteiger charge is 2.08. The number of carbonyl (C=O) groups excluding carboxylic acids is 1. The topological polar surface area (TPSA) is 85.4 Å². The summed E-state index contributed by atoms with van der Waals surface area (Å²) in [5.41, 5.74) is 1.69. The lowest BCUT2D eigenvalue weighted by Gasteiger charge is -2.10. The van der Waals surface area contributed by atoms with Crippen molar-refractivity contribution in [3.8, 4) is 11.5 Å². The number of H-pyrrole nitrogens is 1. The molecule has 0 aliphatic carbocycles. The van der Waals surface area contributed by atoms with Crippen molar-refractivity contribution in [2.24, 2.45) is 0 Å². The maximum Gasteiger partial charge on any atom is 0.272 e. The Kier molecular flexibility index (Phi) is 7.64. The van der Waals surface area contributed by atoms with E-state index in [1.807, 2.05) is 29.6 Å². The van der Waals surface area contributed by atoms with Gasteiger partial charge in [0, 0.05) is 19.5 Å². The number of nitrogens with zero attached hydrogens (tertiary/aromatic N) is 1. The van der Waals surface area contributed by atoms with E-state index in [0.29, 0.717) is 40.5 Å². The Bertz CT molecular complexity index is 1130. The van der Waals surface area contributed by atoms with Gasteiger partial charge in [0.25, 0.3) is 5.56 Å². The maximum absolute atomic E-state index is 12.5. The number of carbonyl (C=O) groups is 1. The lowest BCUT2D eigenvalue weighted by Crippen LogP contribution is -2.23. The van der Waals surface area contributed by atoms with Crippen LogP contribution in [-0.2, 0) is 17.9 Å². The van der Waals surface area contributed by atoms with Crippen LogP contribution in [0.4, 0.5) is 0 Å². The van der Waals surface area contributed by atoms with Crippen LogP contribution < -0.4 is 20.3 Å². The van der Waals surface area contributed by atoms with Gasteiger partial charge in [0.05, 0.1) is 19.7 Å². The number of unbranched alkanes of at least 4 members (excludes halogenated alkanes) is 2. The molecule has 2 N–H and O–H groups in total. The molecule has 30 heavy (non-hydrogen) atoms. The van der Waals surface area contributed by atoms with Gasteiger partial charge in [-0.15, -0.1) is 11.3 Å². The summed E-state index contributed by atoms with van der Waals surface area (Å²) < 4.78 is 13.2. The zero-order chi connectivity index (χ0) is 21.5. The molecule has 0 bridgehead atoms. The fourth-order valence-electron chi connectivity index (χ4n) is 3.19. The number of nitrogens with one attached hydrogen (secondary N) is 2. The molecule has 7 nitrogen and oxygen atoms in total. The molecule has 0 unspecified atom stereocenters. The summed E-state index contributed by atoms with van der Waals surface area (Å²) in [7, 11) is 3.17. The van der Waals surface area contributed by atoms with E-state index in [9.17, 15) is 9.59 Å². The summed E-state index contributed by atoms with van der Waals surface area (Å²) in [4.78, 5) is 27.7. The monoisotopic (exact) mass is 447 g/mol. The van der Waals surface area contributed by atoms with E-state index in [2.05, 4.69) is 10.3 Å². The highest BCUT2D eigenvalue weighted by Crippen LogP contribution is 2.27. The second-order valence-corrected chi connectivity index (χ2v) is 8.13. The van der Waals surface area contributed by atoms with Crippen molar-refractivity contribution in [3.05, 3.63) is 50.3 Å². The van der Waals surface area contributed by atoms with Crippen LogP contribution in [0, 0.1) is 4.77 Å². The molecule has 0 atom stereocenters. The summed E-state index contributed by atoms with van der Waals surface area (Å²) in [5, 5.41) is 4.80. The summed E-state index contributed by atoms with van der Waals surface area (Å²) in [6.45, 7) is 0.986. The molecule has 0 aliphatic heterocycles. The first-order valence-corrected chi connectivity index (χ1v) is 11.0. The number of hydrogen-bond acceptors (Lipinski definition) is 6. The van der Waals surface area contributed by atoms with E-state index in [1.165, 1.54) is 11.3 Å². The van der Waals surface area contributed by atoms with Gasteiger partial charge in [-0.1, -0.05) is 12.5 Å². The number of thiophene rings is 1. The maximum atomic E-state index is 12.5. The predicted molar refractivity (Wildman–Crippen MR) is 121 cm³/mol. The number of hydrogen-bond donors (Lipinski definition) is 2. The molecule has 0 spiro atoms. The minimum Gasteiger partial charge on any atom is -0.493 e. The molecular formula is C21H25N3O4S2. The second-order valence-electron chi connectivity index (χ2n) is 6.83. The fourth-order valence-corrected chi connectivity index (χ4v) is 4.27. The van der Waals surface area contributed by atoms with Crippen LogP contribution in [0.5, 0.6) is 11.5 Å². The molecule has 0 fully saturated rings. The third-order valence-electron chi connectivity index (χ3n) is 4.81. The highest BCUT2D eigenvalue weighted by molar-refractivity contribution is 7.71. The van der Waals surface area contributed by atoms with Crippen molar-refractivity contribution >= 4 is 39.7 Å². The van der Waals surface area contributed by atoms with Crippen molar-refractivity contribution in [2.45, 2.75) is 38.8 Å². The number of amides is 1. The van der Waals surface area contributed by atoms with E-state index >= 15 is 0 Å². The predicted octanol–water partition coefficient (Wildman–Crippen LogP) is 4.01. The number of benzene rings is 1. The number of fused-ring (bicyclic) bond motifs is 1. The molecule has 3 aromatic rings. The van der Waals surface area contributed by atoms with Crippen molar-refractivity contribution in [2.75, 3.05) is 14.2 Å². The van der Waals surface area contributed by atoms with Crippen LogP contribution in [-0.4, -0.2) is 29.7 Å². The Morgan fingerprint density at radius 2 is 1.97 bits per heavy atom. The van der Waals surface area contributed by atoms with Gasteiger partial charge < -0.3 is 19.8 Å². The smallest absolute Gasteiger partial charge is 0.272 e. The molecular weight excluding hydrogens is 422 g/mol. The number of rotatable bonds is 10. The number of methoxy groups -OCH3 is 2. The van der Waals surface area contributed by atoms with Gasteiger partial charge in [-0.2, -0.15) is 0 Å². The zero-order valence-corrected chi connectivity index (χ0v) is 18.7. The molecule has 0 radical (unpaired) electrons. The third-order valence-corrected chi connectivity index (χ3v) is 6.04. The van der Waals surface area contributed by atoms with Crippen molar-refractivity contribution in [1.29, 1.82) is 0 Å². The van der Waals surface area contributed by atoms with Gasteiger partial charge in [0.1, 0.15) is 4.70 Å². The van der Waals surface area contributed by atoms with Crippen LogP contribution in [0.3, 0.4) is 0 Å². The average molecular weight is 448 g/mol. The lowest BCUT2D eigenvalue weighted by atomic mass is 10.1. The van der Waals surface area contributed by atoms with Gasteiger partial charge >= 0.3 is 0 Å². The quantitative estimate of drug-likeness (QED) is 0.362. The first-order valence-electron chi connectivity index (χ1n) is 9.71. The largest absolute Gasteiger partial charge is 0.493 e. The summed E-state index contributed by atoms with van der Waals surface area (Å²) in [6, 6.07) is 7.43. The van der Waals surface area contributed by atoms with E-state index < -0.39 is 0 Å². The normalized spacial score (nSPS) is 10.9. The van der Waals surface area contributed by atoms with E-state index in [4.69, 9.17) is 21.7 Å². The third kappa shape index (κ3) is 5.28. The Morgan fingerprint density at radius 3 is 2.73 bits per heavy atom. The van der Waals surface area contributed by atoms with Crippen LogP contribution in [0.15, 0.2) is 34.4 Å². The van der Waals surface area contributed by atoms with Gasteiger partial charge in [-0.3, -0.25) is 14.2 Å². The highest BCUT2D eigenvalue weighted by atomic mass is 32.1. The molecule has 2 aromatic heterocycles. The van der Waals surface area contributed by atoms with Crippen molar-refractivity contribution in [3.63, 3.8) is 0 Å². The zero-order valence-electron chi connectivity index (χ0n) is 17.0. The number of ether oxygens (including phenoxy) is 2. The second kappa shape index (κ2) is 10.4. The molecule has 2 heterocycles. The Labute approximate surface area is 183 Å². The molecule has 160 valence electrons. The lowest BCUT2D eigenvalue weighted by molar-refractivity contribution is -0.121. The van der Waals surface area contributed by atoms with Crippen LogP contribution >= 0.6 is 23.6 Å². The number of aromatic amines is 1.